The number of H-pyrrole nitrogens is 1. The van der Waals surface area contributed by atoms with Crippen molar-refractivity contribution in [2.24, 2.45) is 5.92 Å². The van der Waals surface area contributed by atoms with Crippen molar-refractivity contribution in [2.75, 3.05) is 44.2 Å². The molecule has 1 atom stereocenters. The summed E-state index contributed by atoms with van der Waals surface area (Å²) in [5.74, 6) is 1.31. The van der Waals surface area contributed by atoms with Crippen LogP contribution in [0.3, 0.4) is 0 Å². The summed E-state index contributed by atoms with van der Waals surface area (Å²) in [6.45, 7) is 12.2. The van der Waals surface area contributed by atoms with Gasteiger partial charge in [0.1, 0.15) is 12.0 Å². The van der Waals surface area contributed by atoms with Crippen molar-refractivity contribution in [3.8, 4) is 28.5 Å². The van der Waals surface area contributed by atoms with Gasteiger partial charge in [0.2, 0.25) is 17.7 Å². The lowest BCUT2D eigenvalue weighted by atomic mass is 9.98. The molecule has 5 heterocycles. The molecule has 0 aliphatic carbocycles. The Labute approximate surface area is 298 Å². The van der Waals surface area contributed by atoms with E-state index in [1.807, 2.05) is 72.5 Å². The second kappa shape index (κ2) is 14.9. The molecule has 0 unspecified atom stereocenters. The van der Waals surface area contributed by atoms with Crippen LogP contribution in [0.25, 0.3) is 39.1 Å². The first-order valence-electron chi connectivity index (χ1n) is 17.9. The van der Waals surface area contributed by atoms with E-state index in [1.54, 1.807) is 12.5 Å². The molecule has 12 nitrogen and oxygen atoms in total. The first-order valence-corrected chi connectivity index (χ1v) is 17.9. The van der Waals surface area contributed by atoms with Gasteiger partial charge in [0.25, 0.3) is 0 Å². The minimum absolute atomic E-state index is 0.0418. The molecule has 0 radical (unpaired) electrons. The number of anilines is 1. The Kier molecular flexibility index (Phi) is 9.94. The number of hydrogen-bond donors (Lipinski definition) is 1. The molecule has 2 aromatic carbocycles. The number of rotatable bonds is 11. The van der Waals surface area contributed by atoms with Gasteiger partial charge in [-0.25, -0.2) is 9.97 Å². The third-order valence-electron chi connectivity index (χ3n) is 9.72. The number of carbonyl (C=O) groups excluding carboxylic acids is 2. The van der Waals surface area contributed by atoms with Crippen LogP contribution in [-0.2, 0) is 16.1 Å². The van der Waals surface area contributed by atoms with Crippen molar-refractivity contribution < 1.29 is 14.3 Å². The maximum Gasteiger partial charge on any atom is 0.237 e. The number of carbonyl (C=O) groups is 2. The quantitative estimate of drug-likeness (QED) is 0.188. The first-order chi connectivity index (χ1) is 24.8. The average Bonchev–Trinajstić information content (AvgIpc) is 3.93. The van der Waals surface area contributed by atoms with Crippen LogP contribution in [0, 0.1) is 5.92 Å². The minimum atomic E-state index is -0.170. The average molecular weight is 688 g/mol. The SMILES string of the molecule is CCN(C(=O)[C@@H]1CCN(CC(=O)N2CC=C(c3ccc(-c4ncn(CC)n4)cc3)CC2)C1)c1ccc2[nH]nc(-c3ccc(OC(C)C)nc3)c2c1. The van der Waals surface area contributed by atoms with Gasteiger partial charge in [-0.05, 0) is 82.5 Å². The largest absolute Gasteiger partial charge is 0.475 e. The normalized spacial score (nSPS) is 16.5. The number of nitrogens with zero attached hydrogens (tertiary/aromatic N) is 8. The fourth-order valence-corrected chi connectivity index (χ4v) is 6.95. The predicted molar refractivity (Wildman–Crippen MR) is 198 cm³/mol. The molecule has 264 valence electrons. The molecular formula is C39H45N9O3. The standard InChI is InChI=1S/C39H45N9O3/c1-5-47-25-41-38(44-47)29-9-7-27(8-10-29)28-16-19-46(20-17-28)36(49)24-45-18-15-31(23-45)39(50)48(6-2)32-12-13-34-33(21-32)37(43-42-34)30-11-14-35(40-22-30)51-26(3)4/h7-14,16,21-22,25-26,31H,5-6,15,17-20,23-24H2,1-4H3,(H,42,43)/t31-/m1/s1. The molecule has 51 heavy (non-hydrogen) atoms. The van der Waals surface area contributed by atoms with E-state index in [9.17, 15) is 9.59 Å². The van der Waals surface area contributed by atoms with Gasteiger partial charge in [0.05, 0.1) is 24.1 Å². The monoisotopic (exact) mass is 687 g/mol. The molecule has 1 saturated heterocycles. The van der Waals surface area contributed by atoms with E-state index in [2.05, 4.69) is 60.5 Å². The summed E-state index contributed by atoms with van der Waals surface area (Å²) >= 11 is 0. The van der Waals surface area contributed by atoms with Gasteiger partial charge >= 0.3 is 0 Å². The molecule has 2 aliphatic heterocycles. The summed E-state index contributed by atoms with van der Waals surface area (Å²) in [6.07, 6.45) is 7.24. The highest BCUT2D eigenvalue weighted by atomic mass is 16.5. The summed E-state index contributed by atoms with van der Waals surface area (Å²) in [4.78, 5) is 42.0. The number of amides is 2. The van der Waals surface area contributed by atoms with Crippen LogP contribution in [0.15, 0.2) is 73.2 Å². The zero-order valence-electron chi connectivity index (χ0n) is 29.7. The van der Waals surface area contributed by atoms with Crippen LogP contribution in [0.1, 0.15) is 46.1 Å². The summed E-state index contributed by atoms with van der Waals surface area (Å²) < 4.78 is 7.52. The Morgan fingerprint density at radius 3 is 2.49 bits per heavy atom. The van der Waals surface area contributed by atoms with Crippen LogP contribution in [0.4, 0.5) is 5.69 Å². The van der Waals surface area contributed by atoms with E-state index in [1.165, 1.54) is 5.57 Å². The Balaban J connectivity index is 0.947. The van der Waals surface area contributed by atoms with E-state index < -0.39 is 0 Å². The summed E-state index contributed by atoms with van der Waals surface area (Å²) in [6, 6.07) is 18.1. The molecule has 3 aromatic heterocycles. The maximum absolute atomic E-state index is 13.9. The molecule has 1 fully saturated rings. The van der Waals surface area contributed by atoms with Gasteiger partial charge in [0.15, 0.2) is 5.82 Å². The third kappa shape index (κ3) is 7.41. The number of benzene rings is 2. The van der Waals surface area contributed by atoms with Crippen molar-refractivity contribution in [2.45, 2.75) is 53.2 Å². The number of likely N-dealkylation sites (tertiary alicyclic amines) is 1. The van der Waals surface area contributed by atoms with E-state index in [0.29, 0.717) is 38.6 Å². The fraction of sp³-hybridized carbons (Fsp3) is 0.385. The van der Waals surface area contributed by atoms with Crippen LogP contribution in [0.5, 0.6) is 5.88 Å². The topological polar surface area (TPSA) is 125 Å². The molecule has 0 bridgehead atoms. The number of aromatic amines is 1. The molecule has 0 spiro atoms. The summed E-state index contributed by atoms with van der Waals surface area (Å²) in [5, 5.41) is 13.1. The summed E-state index contributed by atoms with van der Waals surface area (Å²) in [5.41, 5.74) is 6.75. The molecule has 2 aliphatic rings. The van der Waals surface area contributed by atoms with Gasteiger partial charge in [-0.2, -0.15) is 10.2 Å². The van der Waals surface area contributed by atoms with Crippen LogP contribution in [0.2, 0.25) is 0 Å². The molecule has 0 saturated carbocycles. The molecule has 1 N–H and O–H groups in total. The smallest absolute Gasteiger partial charge is 0.237 e. The van der Waals surface area contributed by atoms with E-state index >= 15 is 0 Å². The number of aryl methyl sites for hydroxylation is 1. The highest BCUT2D eigenvalue weighted by molar-refractivity contribution is 6.00. The molecule has 2 amide bonds. The highest BCUT2D eigenvalue weighted by Gasteiger charge is 2.33. The van der Waals surface area contributed by atoms with Gasteiger partial charge in [-0.1, -0.05) is 30.3 Å². The maximum atomic E-state index is 13.9. The molecule has 7 rings (SSSR count). The molecular weight excluding hydrogens is 642 g/mol. The van der Waals surface area contributed by atoms with Crippen molar-refractivity contribution in [3.05, 3.63) is 78.8 Å². The zero-order chi connectivity index (χ0) is 35.5. The van der Waals surface area contributed by atoms with Crippen LogP contribution < -0.4 is 9.64 Å². The molecule has 12 heteroatoms. The van der Waals surface area contributed by atoms with Crippen molar-refractivity contribution in [3.63, 3.8) is 0 Å². The Hall–Kier alpha value is -5.36. The fourth-order valence-electron chi connectivity index (χ4n) is 6.95. The van der Waals surface area contributed by atoms with E-state index in [-0.39, 0.29) is 23.8 Å². The van der Waals surface area contributed by atoms with Gasteiger partial charge in [-0.3, -0.25) is 24.3 Å². The molecule has 5 aromatic rings. The van der Waals surface area contributed by atoms with E-state index in [0.717, 1.165) is 70.7 Å². The van der Waals surface area contributed by atoms with Crippen molar-refractivity contribution in [1.82, 2.24) is 39.7 Å². The number of pyridine rings is 1. The van der Waals surface area contributed by atoms with Crippen molar-refractivity contribution >= 4 is 34.0 Å². The van der Waals surface area contributed by atoms with E-state index in [4.69, 9.17) is 4.74 Å². The number of hydrogen-bond acceptors (Lipinski definition) is 8. The Morgan fingerprint density at radius 2 is 1.80 bits per heavy atom. The lowest BCUT2D eigenvalue weighted by Gasteiger charge is -2.29. The highest BCUT2D eigenvalue weighted by Crippen LogP contribution is 2.32. The third-order valence-corrected chi connectivity index (χ3v) is 9.72. The lowest BCUT2D eigenvalue weighted by Crippen LogP contribution is -2.42. The Bertz CT molecular complexity index is 2030. The lowest BCUT2D eigenvalue weighted by molar-refractivity contribution is -0.132. The Morgan fingerprint density at radius 1 is 1.00 bits per heavy atom. The number of nitrogens with one attached hydrogen (secondary N) is 1. The van der Waals surface area contributed by atoms with Gasteiger partial charge in [-0.15, -0.1) is 0 Å². The second-order valence-electron chi connectivity index (χ2n) is 13.5. The predicted octanol–water partition coefficient (Wildman–Crippen LogP) is 5.68. The minimum Gasteiger partial charge on any atom is -0.475 e. The first kappa shape index (κ1) is 34.1. The van der Waals surface area contributed by atoms with Gasteiger partial charge in [0, 0.05) is 67.2 Å². The number of fused-ring (bicyclic) bond motifs is 1. The number of ether oxygens (including phenoxy) is 1. The zero-order valence-corrected chi connectivity index (χ0v) is 29.7. The van der Waals surface area contributed by atoms with Gasteiger partial charge < -0.3 is 14.5 Å². The second-order valence-corrected chi connectivity index (χ2v) is 13.5. The van der Waals surface area contributed by atoms with Crippen LogP contribution >= 0.6 is 0 Å². The van der Waals surface area contributed by atoms with Crippen LogP contribution in [-0.4, -0.2) is 96.9 Å². The van der Waals surface area contributed by atoms with Crippen molar-refractivity contribution in [1.29, 1.82) is 0 Å². The summed E-state index contributed by atoms with van der Waals surface area (Å²) in [7, 11) is 0. The number of aromatic nitrogens is 6.